The van der Waals surface area contributed by atoms with Crippen LogP contribution in [0.5, 0.6) is 11.5 Å². The number of carbonyl (C=O) groups is 2. The SMILES string of the molecule is CC[C@H](C(=O)NCC(C)C)N(Cc1ccc(C)cc1)C(=O)CN(c1ccc2c(c1)OCCO2)S(C)(=O)=O. The van der Waals surface area contributed by atoms with E-state index in [1.807, 2.05) is 52.0 Å². The van der Waals surface area contributed by atoms with E-state index in [1.165, 1.54) is 4.90 Å². The van der Waals surface area contributed by atoms with Crippen molar-refractivity contribution in [1.29, 1.82) is 0 Å². The summed E-state index contributed by atoms with van der Waals surface area (Å²) in [6.07, 6.45) is 1.43. The number of hydrogen-bond donors (Lipinski definition) is 1. The lowest BCUT2D eigenvalue weighted by Crippen LogP contribution is -2.52. The van der Waals surface area contributed by atoms with Gasteiger partial charge in [0.05, 0.1) is 11.9 Å². The van der Waals surface area contributed by atoms with Crippen molar-refractivity contribution in [1.82, 2.24) is 10.2 Å². The topological polar surface area (TPSA) is 105 Å². The number of rotatable bonds is 11. The van der Waals surface area contributed by atoms with E-state index < -0.39 is 28.5 Å². The van der Waals surface area contributed by atoms with Crippen LogP contribution in [-0.2, 0) is 26.2 Å². The first-order valence-electron chi connectivity index (χ1n) is 12.5. The molecule has 37 heavy (non-hydrogen) atoms. The summed E-state index contributed by atoms with van der Waals surface area (Å²) in [5.41, 5.74) is 2.21. The Morgan fingerprint density at radius 1 is 1.03 bits per heavy atom. The van der Waals surface area contributed by atoms with Crippen molar-refractivity contribution >= 4 is 27.5 Å². The van der Waals surface area contributed by atoms with Gasteiger partial charge in [0.1, 0.15) is 25.8 Å². The van der Waals surface area contributed by atoms with Gasteiger partial charge < -0.3 is 19.7 Å². The van der Waals surface area contributed by atoms with Crippen LogP contribution >= 0.6 is 0 Å². The number of nitrogens with one attached hydrogen (secondary N) is 1. The van der Waals surface area contributed by atoms with E-state index >= 15 is 0 Å². The van der Waals surface area contributed by atoms with Gasteiger partial charge in [-0.1, -0.05) is 50.6 Å². The molecule has 2 amide bonds. The highest BCUT2D eigenvalue weighted by Crippen LogP contribution is 2.34. The normalized spacial score (nSPS) is 13.7. The molecule has 0 fully saturated rings. The van der Waals surface area contributed by atoms with Gasteiger partial charge in [-0.3, -0.25) is 13.9 Å². The Morgan fingerprint density at radius 2 is 1.68 bits per heavy atom. The van der Waals surface area contributed by atoms with Crippen LogP contribution in [-0.4, -0.2) is 63.7 Å². The Bertz CT molecular complexity index is 1200. The van der Waals surface area contributed by atoms with E-state index in [1.54, 1.807) is 18.2 Å². The van der Waals surface area contributed by atoms with E-state index in [2.05, 4.69) is 5.32 Å². The number of carbonyl (C=O) groups excluding carboxylic acids is 2. The third-order valence-corrected chi connectivity index (χ3v) is 7.18. The van der Waals surface area contributed by atoms with Gasteiger partial charge >= 0.3 is 0 Å². The zero-order valence-corrected chi connectivity index (χ0v) is 23.0. The maximum atomic E-state index is 13.8. The molecule has 2 aromatic carbocycles. The van der Waals surface area contributed by atoms with Crippen LogP contribution in [0.15, 0.2) is 42.5 Å². The maximum absolute atomic E-state index is 13.8. The Morgan fingerprint density at radius 3 is 2.27 bits per heavy atom. The third kappa shape index (κ3) is 7.61. The second-order valence-electron chi connectivity index (χ2n) is 9.67. The lowest BCUT2D eigenvalue weighted by Gasteiger charge is -2.33. The molecule has 0 saturated heterocycles. The molecule has 0 spiro atoms. The van der Waals surface area contributed by atoms with Crippen LogP contribution in [0, 0.1) is 12.8 Å². The first-order valence-corrected chi connectivity index (χ1v) is 14.3. The molecule has 1 atom stereocenters. The highest BCUT2D eigenvalue weighted by molar-refractivity contribution is 7.92. The second kappa shape index (κ2) is 12.3. The molecule has 0 radical (unpaired) electrons. The zero-order valence-electron chi connectivity index (χ0n) is 22.2. The molecular formula is C27H37N3O6S. The molecule has 9 nitrogen and oxygen atoms in total. The van der Waals surface area contributed by atoms with Crippen molar-refractivity contribution in [3.05, 3.63) is 53.6 Å². The Hall–Kier alpha value is -3.27. The second-order valence-corrected chi connectivity index (χ2v) is 11.6. The van der Waals surface area contributed by atoms with Gasteiger partial charge in [-0.15, -0.1) is 0 Å². The Balaban J connectivity index is 1.93. The summed E-state index contributed by atoms with van der Waals surface area (Å²) in [5, 5.41) is 2.92. The van der Waals surface area contributed by atoms with E-state index in [0.29, 0.717) is 37.7 Å². The summed E-state index contributed by atoms with van der Waals surface area (Å²) < 4.78 is 37.8. The fourth-order valence-electron chi connectivity index (χ4n) is 4.03. The van der Waals surface area contributed by atoms with Gasteiger partial charge in [0.15, 0.2) is 11.5 Å². The number of aryl methyl sites for hydroxylation is 1. The van der Waals surface area contributed by atoms with Crippen LogP contribution in [0.4, 0.5) is 5.69 Å². The molecule has 3 rings (SSSR count). The minimum Gasteiger partial charge on any atom is -0.486 e. The highest BCUT2D eigenvalue weighted by Gasteiger charge is 2.32. The van der Waals surface area contributed by atoms with Gasteiger partial charge in [-0.25, -0.2) is 8.42 Å². The quantitative estimate of drug-likeness (QED) is 0.478. The van der Waals surface area contributed by atoms with Crippen LogP contribution in [0.1, 0.15) is 38.3 Å². The molecule has 0 aromatic heterocycles. The predicted octanol–water partition coefficient (Wildman–Crippen LogP) is 3.11. The largest absolute Gasteiger partial charge is 0.486 e. The monoisotopic (exact) mass is 531 g/mol. The molecule has 0 unspecified atom stereocenters. The van der Waals surface area contributed by atoms with Crippen molar-refractivity contribution < 1.29 is 27.5 Å². The van der Waals surface area contributed by atoms with Crippen LogP contribution < -0.4 is 19.1 Å². The molecule has 1 heterocycles. The van der Waals surface area contributed by atoms with Crippen molar-refractivity contribution in [3.63, 3.8) is 0 Å². The number of hydrogen-bond acceptors (Lipinski definition) is 6. The summed E-state index contributed by atoms with van der Waals surface area (Å²) >= 11 is 0. The fraction of sp³-hybridized carbons (Fsp3) is 0.481. The zero-order chi connectivity index (χ0) is 27.2. The smallest absolute Gasteiger partial charge is 0.244 e. The number of ether oxygens (including phenoxy) is 2. The van der Waals surface area contributed by atoms with Crippen LogP contribution in [0.3, 0.4) is 0 Å². The molecule has 0 saturated carbocycles. The summed E-state index contributed by atoms with van der Waals surface area (Å²) in [5.74, 6) is 0.442. The van der Waals surface area contributed by atoms with Gasteiger partial charge in [0.2, 0.25) is 21.8 Å². The van der Waals surface area contributed by atoms with Crippen molar-refractivity contribution in [3.8, 4) is 11.5 Å². The molecule has 1 N–H and O–H groups in total. The van der Waals surface area contributed by atoms with Crippen molar-refractivity contribution in [2.24, 2.45) is 5.92 Å². The third-order valence-electron chi connectivity index (χ3n) is 6.04. The van der Waals surface area contributed by atoms with Gasteiger partial charge in [0.25, 0.3) is 0 Å². The van der Waals surface area contributed by atoms with E-state index in [-0.39, 0.29) is 24.1 Å². The lowest BCUT2D eigenvalue weighted by atomic mass is 10.1. The number of fused-ring (bicyclic) bond motifs is 1. The molecule has 0 aliphatic carbocycles. The van der Waals surface area contributed by atoms with Crippen LogP contribution in [0.25, 0.3) is 0 Å². The molecule has 10 heteroatoms. The first-order chi connectivity index (χ1) is 17.5. The number of amides is 2. The van der Waals surface area contributed by atoms with Gasteiger partial charge in [0, 0.05) is 19.2 Å². The van der Waals surface area contributed by atoms with Crippen LogP contribution in [0.2, 0.25) is 0 Å². The number of nitrogens with zero attached hydrogens (tertiary/aromatic N) is 2. The minimum absolute atomic E-state index is 0.172. The highest BCUT2D eigenvalue weighted by atomic mass is 32.2. The Labute approximate surface area is 219 Å². The molecule has 0 bridgehead atoms. The van der Waals surface area contributed by atoms with Gasteiger partial charge in [-0.05, 0) is 37.0 Å². The maximum Gasteiger partial charge on any atom is 0.244 e. The molecule has 1 aliphatic heterocycles. The lowest BCUT2D eigenvalue weighted by molar-refractivity contribution is -0.140. The van der Waals surface area contributed by atoms with E-state index in [4.69, 9.17) is 9.47 Å². The molecule has 202 valence electrons. The van der Waals surface area contributed by atoms with E-state index in [0.717, 1.165) is 21.7 Å². The summed E-state index contributed by atoms with van der Waals surface area (Å²) in [6, 6.07) is 11.7. The van der Waals surface area contributed by atoms with E-state index in [9.17, 15) is 18.0 Å². The number of anilines is 1. The van der Waals surface area contributed by atoms with Gasteiger partial charge in [-0.2, -0.15) is 0 Å². The summed E-state index contributed by atoms with van der Waals surface area (Å²) in [6.45, 7) is 8.75. The average molecular weight is 532 g/mol. The number of sulfonamides is 1. The molecule has 1 aliphatic rings. The first kappa shape index (κ1) is 28.3. The fourth-order valence-corrected chi connectivity index (χ4v) is 4.87. The summed E-state index contributed by atoms with van der Waals surface area (Å²) in [7, 11) is -3.84. The standard InChI is InChI=1S/C27H37N3O6S/c1-6-23(27(32)28-16-19(2)3)29(17-21-9-7-20(4)8-10-21)26(31)18-30(37(5,33)34)22-11-12-24-25(15-22)36-14-13-35-24/h7-12,15,19,23H,6,13-14,16-18H2,1-5H3,(H,28,32)/t23-/m1/s1. The summed E-state index contributed by atoms with van der Waals surface area (Å²) in [4.78, 5) is 28.3. The minimum atomic E-state index is -3.84. The number of benzene rings is 2. The Kier molecular flexibility index (Phi) is 9.42. The van der Waals surface area contributed by atoms with Crippen molar-refractivity contribution in [2.45, 2.75) is 46.7 Å². The molecule has 2 aromatic rings. The predicted molar refractivity (Wildman–Crippen MR) is 143 cm³/mol. The van der Waals surface area contributed by atoms with Crippen molar-refractivity contribution in [2.75, 3.05) is 36.9 Å². The average Bonchev–Trinajstić information content (AvgIpc) is 2.86. The molecular weight excluding hydrogens is 494 g/mol.